The summed E-state index contributed by atoms with van der Waals surface area (Å²) in [6.07, 6.45) is 3.79. The fourth-order valence-electron chi connectivity index (χ4n) is 2.69. The lowest BCUT2D eigenvalue weighted by atomic mass is 10.1. The predicted octanol–water partition coefficient (Wildman–Crippen LogP) is 4.81. The van der Waals surface area contributed by atoms with Crippen molar-refractivity contribution in [3.05, 3.63) is 84.7 Å². The third-order valence-electron chi connectivity index (χ3n) is 3.84. The van der Waals surface area contributed by atoms with Crippen molar-refractivity contribution in [2.24, 2.45) is 0 Å². The molecule has 0 saturated heterocycles. The first-order chi connectivity index (χ1) is 11.4. The van der Waals surface area contributed by atoms with Crippen LogP contribution in [0.1, 0.15) is 5.56 Å². The van der Waals surface area contributed by atoms with Gasteiger partial charge in [-0.15, -0.1) is 0 Å². The van der Waals surface area contributed by atoms with Crippen LogP contribution in [0.2, 0.25) is 0 Å². The molecule has 2 aromatic carbocycles. The zero-order chi connectivity index (χ0) is 15.5. The number of aromatic amines is 1. The van der Waals surface area contributed by atoms with E-state index in [1.54, 1.807) is 6.20 Å². The van der Waals surface area contributed by atoms with Crippen LogP contribution in [0.25, 0.3) is 22.2 Å². The lowest BCUT2D eigenvalue weighted by Crippen LogP contribution is -1.94. The van der Waals surface area contributed by atoms with Gasteiger partial charge in [0.15, 0.2) is 0 Å². The van der Waals surface area contributed by atoms with Crippen molar-refractivity contribution in [2.75, 3.05) is 0 Å². The van der Waals surface area contributed by atoms with Crippen molar-refractivity contribution in [2.45, 2.75) is 6.61 Å². The summed E-state index contributed by atoms with van der Waals surface area (Å²) in [6, 6.07) is 22.4. The van der Waals surface area contributed by atoms with Crippen molar-refractivity contribution in [3.8, 4) is 16.9 Å². The molecule has 0 spiro atoms. The van der Waals surface area contributed by atoms with Gasteiger partial charge in [0.25, 0.3) is 0 Å². The lowest BCUT2D eigenvalue weighted by molar-refractivity contribution is 0.306. The molecule has 0 aliphatic rings. The van der Waals surface area contributed by atoms with E-state index in [4.69, 9.17) is 4.74 Å². The number of hydrogen-bond donors (Lipinski definition) is 1. The van der Waals surface area contributed by atoms with Crippen molar-refractivity contribution < 1.29 is 4.74 Å². The Labute approximate surface area is 134 Å². The molecule has 3 nitrogen and oxygen atoms in total. The summed E-state index contributed by atoms with van der Waals surface area (Å²) in [4.78, 5) is 7.55. The third-order valence-corrected chi connectivity index (χ3v) is 3.84. The Morgan fingerprint density at radius 2 is 1.83 bits per heavy atom. The van der Waals surface area contributed by atoms with Crippen molar-refractivity contribution >= 4 is 11.0 Å². The van der Waals surface area contributed by atoms with Gasteiger partial charge in [-0.05, 0) is 35.4 Å². The molecule has 2 aromatic heterocycles. The number of nitrogens with zero attached hydrogens (tertiary/aromatic N) is 1. The predicted molar refractivity (Wildman–Crippen MR) is 92.3 cm³/mol. The molecule has 2 heterocycles. The SMILES string of the molecule is c1ccc(COc2cccc(-c3c[nH]c4ncccc34)c2)cc1. The van der Waals surface area contributed by atoms with Crippen LogP contribution in [0.4, 0.5) is 0 Å². The molecule has 0 fully saturated rings. The van der Waals surface area contributed by atoms with Crippen LogP contribution in [-0.4, -0.2) is 9.97 Å². The molecule has 0 saturated carbocycles. The van der Waals surface area contributed by atoms with E-state index in [1.807, 2.05) is 42.6 Å². The molecule has 0 aliphatic carbocycles. The van der Waals surface area contributed by atoms with Crippen LogP contribution in [0.15, 0.2) is 79.1 Å². The molecule has 3 heteroatoms. The normalized spacial score (nSPS) is 10.8. The summed E-state index contributed by atoms with van der Waals surface area (Å²) in [5, 5.41) is 1.12. The van der Waals surface area contributed by atoms with E-state index < -0.39 is 0 Å². The zero-order valence-electron chi connectivity index (χ0n) is 12.6. The Hall–Kier alpha value is -3.07. The van der Waals surface area contributed by atoms with Gasteiger partial charge in [-0.2, -0.15) is 0 Å². The van der Waals surface area contributed by atoms with E-state index in [0.717, 1.165) is 33.5 Å². The van der Waals surface area contributed by atoms with Gasteiger partial charge in [0.1, 0.15) is 18.0 Å². The van der Waals surface area contributed by atoms with Gasteiger partial charge in [-0.25, -0.2) is 4.98 Å². The molecular formula is C20H16N2O. The van der Waals surface area contributed by atoms with E-state index in [0.29, 0.717) is 6.61 Å². The standard InChI is InChI=1S/C20H16N2O/c1-2-6-15(7-3-1)14-23-17-9-4-8-16(12-17)19-13-22-20-18(19)10-5-11-21-20/h1-13H,14H2,(H,21,22). The summed E-state index contributed by atoms with van der Waals surface area (Å²) < 4.78 is 5.92. The minimum absolute atomic E-state index is 0.569. The molecule has 4 aromatic rings. The van der Waals surface area contributed by atoms with Crippen molar-refractivity contribution in [1.82, 2.24) is 9.97 Å². The highest BCUT2D eigenvalue weighted by Crippen LogP contribution is 2.30. The van der Waals surface area contributed by atoms with Gasteiger partial charge < -0.3 is 9.72 Å². The summed E-state index contributed by atoms with van der Waals surface area (Å²) in [5.74, 6) is 0.865. The molecule has 0 radical (unpaired) electrons. The van der Waals surface area contributed by atoms with Gasteiger partial charge in [0.05, 0.1) is 0 Å². The van der Waals surface area contributed by atoms with Crippen LogP contribution < -0.4 is 4.74 Å². The van der Waals surface area contributed by atoms with Gasteiger partial charge in [-0.3, -0.25) is 0 Å². The number of benzene rings is 2. The minimum Gasteiger partial charge on any atom is -0.489 e. The van der Waals surface area contributed by atoms with Crippen LogP contribution in [0, 0.1) is 0 Å². The number of fused-ring (bicyclic) bond motifs is 1. The number of aromatic nitrogens is 2. The first-order valence-corrected chi connectivity index (χ1v) is 7.59. The molecule has 0 aliphatic heterocycles. The van der Waals surface area contributed by atoms with E-state index >= 15 is 0 Å². The first kappa shape index (κ1) is 13.6. The number of ether oxygens (including phenoxy) is 1. The minimum atomic E-state index is 0.569. The molecule has 0 atom stereocenters. The Kier molecular flexibility index (Phi) is 3.53. The maximum atomic E-state index is 5.92. The summed E-state index contributed by atoms with van der Waals surface area (Å²) >= 11 is 0. The van der Waals surface area contributed by atoms with E-state index in [-0.39, 0.29) is 0 Å². The third kappa shape index (κ3) is 2.81. The number of rotatable bonds is 4. The second-order valence-corrected chi connectivity index (χ2v) is 5.40. The summed E-state index contributed by atoms with van der Waals surface area (Å²) in [5.41, 5.74) is 4.32. The quantitative estimate of drug-likeness (QED) is 0.587. The highest BCUT2D eigenvalue weighted by atomic mass is 16.5. The van der Waals surface area contributed by atoms with Crippen molar-refractivity contribution in [3.63, 3.8) is 0 Å². The summed E-state index contributed by atoms with van der Waals surface area (Å²) in [7, 11) is 0. The van der Waals surface area contributed by atoms with Gasteiger partial charge >= 0.3 is 0 Å². The molecule has 0 unspecified atom stereocenters. The smallest absolute Gasteiger partial charge is 0.137 e. The van der Waals surface area contributed by atoms with E-state index in [9.17, 15) is 0 Å². The second-order valence-electron chi connectivity index (χ2n) is 5.40. The van der Waals surface area contributed by atoms with E-state index in [1.165, 1.54) is 0 Å². The van der Waals surface area contributed by atoms with Crippen LogP contribution in [0.3, 0.4) is 0 Å². The Morgan fingerprint density at radius 3 is 2.74 bits per heavy atom. The van der Waals surface area contributed by atoms with Gasteiger partial charge in [0, 0.05) is 23.3 Å². The second kappa shape index (κ2) is 5.97. The molecule has 112 valence electrons. The molecule has 0 bridgehead atoms. The van der Waals surface area contributed by atoms with E-state index in [2.05, 4.69) is 40.3 Å². The molecule has 4 rings (SSSR count). The topological polar surface area (TPSA) is 37.9 Å². The zero-order valence-corrected chi connectivity index (χ0v) is 12.6. The monoisotopic (exact) mass is 300 g/mol. The lowest BCUT2D eigenvalue weighted by Gasteiger charge is -2.08. The fourth-order valence-corrected chi connectivity index (χ4v) is 2.69. The maximum absolute atomic E-state index is 5.92. The largest absolute Gasteiger partial charge is 0.489 e. The highest BCUT2D eigenvalue weighted by Gasteiger charge is 2.07. The highest BCUT2D eigenvalue weighted by molar-refractivity contribution is 5.93. The average molecular weight is 300 g/mol. The van der Waals surface area contributed by atoms with Gasteiger partial charge in [0.2, 0.25) is 0 Å². The molecular weight excluding hydrogens is 284 g/mol. The molecule has 0 amide bonds. The van der Waals surface area contributed by atoms with Crippen molar-refractivity contribution in [1.29, 1.82) is 0 Å². The Morgan fingerprint density at radius 1 is 0.913 bits per heavy atom. The number of nitrogens with one attached hydrogen (secondary N) is 1. The fraction of sp³-hybridized carbons (Fsp3) is 0.0500. The molecule has 23 heavy (non-hydrogen) atoms. The van der Waals surface area contributed by atoms with Crippen LogP contribution in [-0.2, 0) is 6.61 Å². The number of hydrogen-bond acceptors (Lipinski definition) is 2. The van der Waals surface area contributed by atoms with Crippen LogP contribution >= 0.6 is 0 Å². The Bertz CT molecular complexity index is 928. The number of H-pyrrole nitrogens is 1. The summed E-state index contributed by atoms with van der Waals surface area (Å²) in [6.45, 7) is 0.569. The molecule has 1 N–H and O–H groups in total. The van der Waals surface area contributed by atoms with Gasteiger partial charge in [-0.1, -0.05) is 42.5 Å². The average Bonchev–Trinajstić information content (AvgIpc) is 3.05. The Balaban J connectivity index is 1.61. The van der Waals surface area contributed by atoms with Crippen LogP contribution in [0.5, 0.6) is 5.75 Å². The first-order valence-electron chi connectivity index (χ1n) is 7.59. The maximum Gasteiger partial charge on any atom is 0.137 e. The number of pyridine rings is 1.